The lowest BCUT2D eigenvalue weighted by molar-refractivity contribution is -0.129. The number of carbonyl (C=O) groups excluding carboxylic acids is 2. The molecule has 5 fully saturated rings. The summed E-state index contributed by atoms with van der Waals surface area (Å²) in [6.07, 6.45) is 6.06. The summed E-state index contributed by atoms with van der Waals surface area (Å²) in [6, 6.07) is 13.8. The third kappa shape index (κ3) is 7.80. The van der Waals surface area contributed by atoms with Crippen LogP contribution in [0.4, 0.5) is 19.3 Å². The van der Waals surface area contributed by atoms with Crippen molar-refractivity contribution >= 4 is 27.5 Å². The Morgan fingerprint density at radius 2 is 1.60 bits per heavy atom. The molecule has 4 heterocycles. The molecular weight excluding hydrogens is 701 g/mol. The van der Waals surface area contributed by atoms with Crippen molar-refractivity contribution in [2.45, 2.75) is 85.6 Å². The number of alkyl halides is 1. The van der Waals surface area contributed by atoms with Crippen molar-refractivity contribution in [3.8, 4) is 0 Å². The SMILES string of the molecule is COC(=O)N[C@H]1CCC[C@@H]1C(CN1CCC1)(c1cccc(F)c1)C1CCN(CC2(F)CN(c3ccc(S(=O)(=O)C4CCN(C(C)=O)CC4)cc3)C2)CC1. The maximum atomic E-state index is 16.2. The standard InChI is InChI=1S/C40H55F2N5O5S/c1-29(48)46-22-16-35(17-23-46)53(50,51)34-12-10-33(11-13-34)47-26-39(42,27-47)25-45-20-14-30(15-21-45)40(28-44-18-5-19-44,31-6-3-7-32(41)24-31)36-8-4-9-37(36)43-38(49)52-2/h3,6-7,10-13,24,30,35-37H,4-5,8-9,14-23,25-28H2,1-2H3,(H,43,49)/t36-,37-,40?/m0/s1. The van der Waals surface area contributed by atoms with Crippen LogP contribution in [0, 0.1) is 17.7 Å². The van der Waals surface area contributed by atoms with Gasteiger partial charge in [0.25, 0.3) is 0 Å². The highest BCUT2D eigenvalue weighted by Crippen LogP contribution is 2.51. The van der Waals surface area contributed by atoms with E-state index in [-0.39, 0.29) is 53.0 Å². The molecule has 290 valence electrons. The van der Waals surface area contributed by atoms with Crippen molar-refractivity contribution < 1.29 is 31.5 Å². The molecule has 13 heteroatoms. The molecule has 1 saturated carbocycles. The number of likely N-dealkylation sites (tertiary alicyclic amines) is 3. The topological polar surface area (TPSA) is 102 Å². The van der Waals surface area contributed by atoms with E-state index in [4.69, 9.17) is 4.74 Å². The number of carbonyl (C=O) groups is 2. The summed E-state index contributed by atoms with van der Waals surface area (Å²) in [5.74, 6) is 0.0722. The molecule has 3 atom stereocenters. The molecule has 7 rings (SSSR count). The van der Waals surface area contributed by atoms with Crippen LogP contribution in [0.1, 0.15) is 63.9 Å². The van der Waals surface area contributed by atoms with Crippen molar-refractivity contribution in [1.29, 1.82) is 0 Å². The fraction of sp³-hybridized carbons (Fsp3) is 0.650. The van der Waals surface area contributed by atoms with Gasteiger partial charge in [-0.15, -0.1) is 0 Å². The molecule has 1 aliphatic carbocycles. The van der Waals surface area contributed by atoms with Crippen LogP contribution in [0.3, 0.4) is 0 Å². The lowest BCUT2D eigenvalue weighted by Gasteiger charge is -2.54. The van der Waals surface area contributed by atoms with Crippen LogP contribution in [-0.2, 0) is 24.8 Å². The predicted octanol–water partition coefficient (Wildman–Crippen LogP) is 5.02. The average Bonchev–Trinajstić information content (AvgIpc) is 3.59. The second-order valence-electron chi connectivity index (χ2n) is 16.3. The van der Waals surface area contributed by atoms with Crippen LogP contribution in [-0.4, -0.2) is 125 Å². The van der Waals surface area contributed by atoms with E-state index in [0.29, 0.717) is 32.5 Å². The van der Waals surface area contributed by atoms with Crippen LogP contribution in [0.2, 0.25) is 0 Å². The van der Waals surface area contributed by atoms with Gasteiger partial charge in [0.2, 0.25) is 5.91 Å². The summed E-state index contributed by atoms with van der Waals surface area (Å²) in [7, 11) is -2.13. The van der Waals surface area contributed by atoms with Crippen molar-refractivity contribution in [3.63, 3.8) is 0 Å². The number of amides is 2. The fourth-order valence-corrected chi connectivity index (χ4v) is 11.9. The molecule has 1 N–H and O–H groups in total. The summed E-state index contributed by atoms with van der Waals surface area (Å²) >= 11 is 0. The first-order chi connectivity index (χ1) is 25.4. The van der Waals surface area contributed by atoms with Gasteiger partial charge in [-0.2, -0.15) is 0 Å². The molecule has 53 heavy (non-hydrogen) atoms. The average molecular weight is 756 g/mol. The van der Waals surface area contributed by atoms with Gasteiger partial charge in [-0.05, 0) is 125 Å². The zero-order valence-corrected chi connectivity index (χ0v) is 32.0. The number of rotatable bonds is 11. The molecule has 0 spiro atoms. The first-order valence-electron chi connectivity index (χ1n) is 19.5. The van der Waals surface area contributed by atoms with Crippen LogP contribution < -0.4 is 10.2 Å². The number of hydrogen-bond donors (Lipinski definition) is 1. The molecule has 0 radical (unpaired) electrons. The molecule has 1 unspecified atom stereocenters. The Kier molecular flexibility index (Phi) is 11.1. The lowest BCUT2D eigenvalue weighted by atomic mass is 9.57. The normalized spacial score (nSPS) is 25.7. The van der Waals surface area contributed by atoms with Crippen LogP contribution >= 0.6 is 0 Å². The van der Waals surface area contributed by atoms with Crippen LogP contribution in [0.15, 0.2) is 53.4 Å². The summed E-state index contributed by atoms with van der Waals surface area (Å²) < 4.78 is 62.9. The third-order valence-corrected chi connectivity index (χ3v) is 15.4. The first kappa shape index (κ1) is 38.0. The number of piperidine rings is 2. The van der Waals surface area contributed by atoms with Gasteiger partial charge in [-0.25, -0.2) is 22.0 Å². The van der Waals surface area contributed by atoms with E-state index < -0.39 is 26.8 Å². The molecule has 10 nitrogen and oxygen atoms in total. The predicted molar refractivity (Wildman–Crippen MR) is 200 cm³/mol. The van der Waals surface area contributed by atoms with E-state index in [0.717, 1.165) is 82.5 Å². The number of nitrogens with one attached hydrogen (secondary N) is 1. The molecule has 4 saturated heterocycles. The van der Waals surface area contributed by atoms with Gasteiger partial charge in [0.1, 0.15) is 5.82 Å². The number of sulfone groups is 1. The van der Waals surface area contributed by atoms with Crippen molar-refractivity contribution in [2.75, 3.05) is 77.5 Å². The highest BCUT2D eigenvalue weighted by molar-refractivity contribution is 7.92. The Morgan fingerprint density at radius 1 is 0.906 bits per heavy atom. The van der Waals surface area contributed by atoms with Gasteiger partial charge in [0.05, 0.1) is 30.3 Å². The number of hydrogen-bond acceptors (Lipinski definition) is 8. The minimum absolute atomic E-state index is 0.0301. The van der Waals surface area contributed by atoms with Gasteiger partial charge >= 0.3 is 6.09 Å². The molecule has 0 aromatic heterocycles. The molecular formula is C40H55F2N5O5S. The molecule has 2 aromatic carbocycles. The molecule has 4 aliphatic heterocycles. The first-order valence-corrected chi connectivity index (χ1v) is 21.0. The number of methoxy groups -OCH3 is 1. The van der Waals surface area contributed by atoms with Crippen LogP contribution in [0.5, 0.6) is 0 Å². The van der Waals surface area contributed by atoms with Crippen molar-refractivity contribution in [1.82, 2.24) is 20.0 Å². The number of halogens is 2. The molecule has 0 bridgehead atoms. The summed E-state index contributed by atoms with van der Waals surface area (Å²) in [6.45, 7) is 7.54. The number of alkyl carbamates (subject to hydrolysis) is 1. The van der Waals surface area contributed by atoms with Crippen LogP contribution in [0.25, 0.3) is 0 Å². The van der Waals surface area contributed by atoms with E-state index in [1.165, 1.54) is 20.1 Å². The number of benzene rings is 2. The Balaban J connectivity index is 0.998. The van der Waals surface area contributed by atoms with E-state index in [9.17, 15) is 22.4 Å². The van der Waals surface area contributed by atoms with Gasteiger partial charge in [0.15, 0.2) is 15.5 Å². The minimum Gasteiger partial charge on any atom is -0.453 e. The molecule has 5 aliphatic rings. The Hall–Kier alpha value is -3.29. The van der Waals surface area contributed by atoms with E-state index in [1.807, 2.05) is 11.0 Å². The van der Waals surface area contributed by atoms with Gasteiger partial charge in [-0.3, -0.25) is 9.69 Å². The highest BCUT2D eigenvalue weighted by Gasteiger charge is 2.54. The zero-order valence-electron chi connectivity index (χ0n) is 31.2. The van der Waals surface area contributed by atoms with E-state index >= 15 is 4.39 Å². The zero-order chi connectivity index (χ0) is 37.4. The minimum atomic E-state index is -3.52. The number of nitrogens with zero attached hydrogens (tertiary/aromatic N) is 4. The summed E-state index contributed by atoms with van der Waals surface area (Å²) in [4.78, 5) is 32.8. The van der Waals surface area contributed by atoms with Crippen molar-refractivity contribution in [3.05, 3.63) is 59.9 Å². The Bertz CT molecular complexity index is 1720. The number of anilines is 1. The number of ether oxygens (including phenoxy) is 1. The maximum absolute atomic E-state index is 16.2. The third-order valence-electron chi connectivity index (χ3n) is 13.1. The van der Waals surface area contributed by atoms with Gasteiger partial charge in [0, 0.05) is 50.2 Å². The second-order valence-corrected chi connectivity index (χ2v) is 18.5. The smallest absolute Gasteiger partial charge is 0.407 e. The van der Waals surface area contributed by atoms with E-state index in [1.54, 1.807) is 35.2 Å². The largest absolute Gasteiger partial charge is 0.453 e. The molecule has 2 amide bonds. The van der Waals surface area contributed by atoms with Gasteiger partial charge in [-0.1, -0.05) is 18.6 Å². The monoisotopic (exact) mass is 755 g/mol. The Labute approximate surface area is 313 Å². The highest BCUT2D eigenvalue weighted by atomic mass is 32.2. The molecule has 2 aromatic rings. The van der Waals surface area contributed by atoms with Gasteiger partial charge < -0.3 is 24.8 Å². The maximum Gasteiger partial charge on any atom is 0.407 e. The van der Waals surface area contributed by atoms with Crippen molar-refractivity contribution in [2.24, 2.45) is 11.8 Å². The Morgan fingerprint density at radius 3 is 2.21 bits per heavy atom. The summed E-state index contributed by atoms with van der Waals surface area (Å²) in [5, 5.41) is 2.63. The quantitative estimate of drug-likeness (QED) is 0.342. The lowest BCUT2D eigenvalue weighted by Crippen LogP contribution is -2.65. The van der Waals surface area contributed by atoms with E-state index in [2.05, 4.69) is 21.2 Å². The summed E-state index contributed by atoms with van der Waals surface area (Å²) in [5.41, 5.74) is 0.0591. The second kappa shape index (κ2) is 15.5. The fourth-order valence-electron chi connectivity index (χ4n) is 10.2.